The van der Waals surface area contributed by atoms with Crippen molar-refractivity contribution in [3.05, 3.63) is 39.7 Å². The maximum atomic E-state index is 9.05. The second-order valence-electron chi connectivity index (χ2n) is 3.97. The lowest BCUT2D eigenvalue weighted by molar-refractivity contribution is 0.922. The summed E-state index contributed by atoms with van der Waals surface area (Å²) in [7, 11) is 0. The lowest BCUT2D eigenvalue weighted by Crippen LogP contribution is -1.85. The number of aromatic nitrogens is 1. The number of nitrogens with zero attached hydrogens (tertiary/aromatic N) is 2. The molecule has 1 aromatic heterocycles. The minimum absolute atomic E-state index is 0.700. The molecule has 0 radical (unpaired) electrons. The summed E-state index contributed by atoms with van der Waals surface area (Å²) >= 11 is 1.45. The third kappa shape index (κ3) is 2.54. The van der Waals surface area contributed by atoms with Gasteiger partial charge in [0.1, 0.15) is 10.9 Å². The molecule has 1 aromatic carbocycles. The highest BCUT2D eigenvalue weighted by Crippen LogP contribution is 2.27. The van der Waals surface area contributed by atoms with Gasteiger partial charge in [-0.2, -0.15) is 5.26 Å². The Morgan fingerprint density at radius 2 is 2.00 bits per heavy atom. The maximum absolute atomic E-state index is 9.05. The topological polar surface area (TPSA) is 36.7 Å². The van der Waals surface area contributed by atoms with Gasteiger partial charge >= 0.3 is 0 Å². The predicted molar refractivity (Wildman–Crippen MR) is 71.0 cm³/mol. The van der Waals surface area contributed by atoms with E-state index in [2.05, 4.69) is 42.2 Å². The van der Waals surface area contributed by atoms with Crippen molar-refractivity contribution in [2.75, 3.05) is 0 Å². The monoisotopic (exact) mass is 242 g/mol. The number of rotatable bonds is 3. The molecule has 17 heavy (non-hydrogen) atoms. The van der Waals surface area contributed by atoms with Crippen molar-refractivity contribution in [2.45, 2.75) is 26.7 Å². The van der Waals surface area contributed by atoms with Crippen molar-refractivity contribution < 1.29 is 0 Å². The van der Waals surface area contributed by atoms with E-state index in [1.54, 1.807) is 0 Å². The molecule has 0 N–H and O–H groups in total. The van der Waals surface area contributed by atoms with Crippen LogP contribution in [0.25, 0.3) is 11.3 Å². The Labute approximate surface area is 106 Å². The van der Waals surface area contributed by atoms with E-state index < -0.39 is 0 Å². The summed E-state index contributed by atoms with van der Waals surface area (Å²) in [5.41, 5.74) is 3.19. The van der Waals surface area contributed by atoms with Crippen LogP contribution in [-0.4, -0.2) is 4.98 Å². The van der Waals surface area contributed by atoms with Gasteiger partial charge in [0.15, 0.2) is 0 Å². The molecule has 0 aliphatic rings. The van der Waals surface area contributed by atoms with Gasteiger partial charge in [0.05, 0.1) is 10.7 Å². The van der Waals surface area contributed by atoms with E-state index in [1.807, 2.05) is 6.92 Å². The van der Waals surface area contributed by atoms with E-state index in [-0.39, 0.29) is 0 Å². The zero-order valence-electron chi connectivity index (χ0n) is 10.0. The van der Waals surface area contributed by atoms with Crippen LogP contribution in [0.1, 0.15) is 28.8 Å². The summed E-state index contributed by atoms with van der Waals surface area (Å²) in [6.45, 7) is 4.10. The third-order valence-electron chi connectivity index (χ3n) is 2.60. The van der Waals surface area contributed by atoms with Crippen LogP contribution in [0.15, 0.2) is 24.3 Å². The smallest absolute Gasteiger partial charge is 0.132 e. The number of thiazole rings is 1. The Balaban J connectivity index is 2.36. The van der Waals surface area contributed by atoms with Crippen molar-refractivity contribution >= 4 is 11.3 Å². The first-order valence-corrected chi connectivity index (χ1v) is 6.53. The first-order chi connectivity index (χ1) is 8.24. The average molecular weight is 242 g/mol. The van der Waals surface area contributed by atoms with Gasteiger partial charge in [-0.15, -0.1) is 11.3 Å². The molecule has 2 aromatic rings. The summed E-state index contributed by atoms with van der Waals surface area (Å²) < 4.78 is 0. The van der Waals surface area contributed by atoms with Crippen molar-refractivity contribution in [1.29, 1.82) is 5.26 Å². The third-order valence-corrected chi connectivity index (χ3v) is 3.48. The Hall–Kier alpha value is -1.66. The summed E-state index contributed by atoms with van der Waals surface area (Å²) in [5, 5.41) is 9.99. The molecule has 0 aliphatic carbocycles. The lowest BCUT2D eigenvalue weighted by Gasteiger charge is -2.01. The zero-order chi connectivity index (χ0) is 12.3. The number of hydrogen-bond donors (Lipinski definition) is 0. The molecule has 1 heterocycles. The Morgan fingerprint density at radius 3 is 2.59 bits per heavy atom. The first kappa shape index (κ1) is 11.8. The van der Waals surface area contributed by atoms with Gasteiger partial charge in [-0.25, -0.2) is 4.98 Å². The van der Waals surface area contributed by atoms with Crippen molar-refractivity contribution in [2.24, 2.45) is 0 Å². The molecule has 0 spiro atoms. The highest BCUT2D eigenvalue weighted by atomic mass is 32.1. The van der Waals surface area contributed by atoms with Gasteiger partial charge in [0.25, 0.3) is 0 Å². The zero-order valence-corrected chi connectivity index (χ0v) is 10.8. The molecule has 0 bridgehead atoms. The fourth-order valence-corrected chi connectivity index (χ4v) is 2.55. The van der Waals surface area contributed by atoms with Gasteiger partial charge in [0.2, 0.25) is 0 Å². The van der Waals surface area contributed by atoms with Crippen LogP contribution in [0.4, 0.5) is 0 Å². The SMILES string of the molecule is CCCc1ccc(-c2nc(C)sc2C#N)cc1. The second kappa shape index (κ2) is 5.11. The van der Waals surface area contributed by atoms with Gasteiger partial charge < -0.3 is 0 Å². The summed E-state index contributed by atoms with van der Waals surface area (Å²) in [5.74, 6) is 0. The van der Waals surface area contributed by atoms with Gasteiger partial charge in [-0.05, 0) is 18.9 Å². The molecular formula is C14H14N2S. The average Bonchev–Trinajstić information content (AvgIpc) is 2.72. The normalized spacial score (nSPS) is 10.2. The van der Waals surface area contributed by atoms with Crippen LogP contribution < -0.4 is 0 Å². The fourth-order valence-electron chi connectivity index (χ4n) is 1.82. The maximum Gasteiger partial charge on any atom is 0.132 e. The largest absolute Gasteiger partial charge is 0.240 e. The number of benzene rings is 1. The highest BCUT2D eigenvalue weighted by Gasteiger charge is 2.10. The van der Waals surface area contributed by atoms with Crippen LogP contribution in [0, 0.1) is 18.3 Å². The Bertz CT molecular complexity index is 547. The molecule has 0 aliphatic heterocycles. The van der Waals surface area contributed by atoms with E-state index in [0.717, 1.165) is 29.1 Å². The number of nitriles is 1. The highest BCUT2D eigenvalue weighted by molar-refractivity contribution is 7.12. The molecular weight excluding hydrogens is 228 g/mol. The molecule has 0 unspecified atom stereocenters. The number of hydrogen-bond acceptors (Lipinski definition) is 3. The van der Waals surface area contributed by atoms with E-state index in [9.17, 15) is 0 Å². The quantitative estimate of drug-likeness (QED) is 0.817. The predicted octanol–water partition coefficient (Wildman–Crippen LogP) is 3.94. The Kier molecular flexibility index (Phi) is 3.55. The molecule has 86 valence electrons. The van der Waals surface area contributed by atoms with Gasteiger partial charge in [0, 0.05) is 5.56 Å². The van der Waals surface area contributed by atoms with Crippen LogP contribution in [0.3, 0.4) is 0 Å². The van der Waals surface area contributed by atoms with Gasteiger partial charge in [-0.1, -0.05) is 37.6 Å². The summed E-state index contributed by atoms with van der Waals surface area (Å²) in [6, 6.07) is 10.6. The van der Waals surface area contributed by atoms with Crippen LogP contribution in [0.2, 0.25) is 0 Å². The molecule has 3 heteroatoms. The molecule has 0 saturated heterocycles. The number of aryl methyl sites for hydroxylation is 2. The van der Waals surface area contributed by atoms with E-state index in [0.29, 0.717) is 4.88 Å². The first-order valence-electron chi connectivity index (χ1n) is 5.71. The lowest BCUT2D eigenvalue weighted by atomic mass is 10.1. The minimum atomic E-state index is 0.700. The van der Waals surface area contributed by atoms with Crippen molar-refractivity contribution in [3.63, 3.8) is 0 Å². The van der Waals surface area contributed by atoms with Crippen LogP contribution in [-0.2, 0) is 6.42 Å². The fraction of sp³-hybridized carbons (Fsp3) is 0.286. The summed E-state index contributed by atoms with van der Waals surface area (Å²) in [6.07, 6.45) is 2.25. The van der Waals surface area contributed by atoms with E-state index >= 15 is 0 Å². The Morgan fingerprint density at radius 1 is 1.29 bits per heavy atom. The standard InChI is InChI=1S/C14H14N2S/c1-3-4-11-5-7-12(8-6-11)14-13(9-15)17-10(2)16-14/h5-8H,3-4H2,1-2H3. The summed E-state index contributed by atoms with van der Waals surface area (Å²) in [4.78, 5) is 5.12. The van der Waals surface area contributed by atoms with Crippen molar-refractivity contribution in [3.8, 4) is 17.3 Å². The molecule has 0 fully saturated rings. The van der Waals surface area contributed by atoms with Crippen LogP contribution in [0.5, 0.6) is 0 Å². The van der Waals surface area contributed by atoms with Crippen molar-refractivity contribution in [1.82, 2.24) is 4.98 Å². The molecule has 2 nitrogen and oxygen atoms in total. The minimum Gasteiger partial charge on any atom is -0.240 e. The molecule has 2 rings (SSSR count). The van der Waals surface area contributed by atoms with Gasteiger partial charge in [-0.3, -0.25) is 0 Å². The molecule has 0 atom stereocenters. The second-order valence-corrected chi connectivity index (χ2v) is 5.17. The molecule has 0 saturated carbocycles. The van der Waals surface area contributed by atoms with E-state index in [1.165, 1.54) is 16.9 Å². The molecule has 0 amide bonds. The van der Waals surface area contributed by atoms with E-state index in [4.69, 9.17) is 5.26 Å². The van der Waals surface area contributed by atoms with Crippen LogP contribution >= 0.6 is 11.3 Å².